The van der Waals surface area contributed by atoms with Crippen LogP contribution in [0.5, 0.6) is 0 Å². The van der Waals surface area contributed by atoms with Gasteiger partial charge in [-0.2, -0.15) is 0 Å². The zero-order valence-corrected chi connectivity index (χ0v) is 23.7. The number of hydrogen-bond acceptors (Lipinski definition) is 2. The van der Waals surface area contributed by atoms with Crippen LogP contribution < -0.4 is 0 Å². The zero-order chi connectivity index (χ0) is 28.8. The standard InChI is InChI=1S/C42H24O2/c1-2-13-26(14-3-1)37-29-17-6-8-19-31(29)38(32-20-9-7-18-30(32)37)34-24-33-28-16-10-11-21-35(28)43-41(33)40-39-27-15-5-4-12-25(27)22-23-36(39)44-42(34)40/h1-24H. The third kappa shape index (κ3) is 3.14. The van der Waals surface area contributed by atoms with Crippen LogP contribution in [-0.4, -0.2) is 0 Å². The molecule has 8 aromatic carbocycles. The van der Waals surface area contributed by atoms with E-state index in [0.717, 1.165) is 54.8 Å². The lowest BCUT2D eigenvalue weighted by molar-refractivity contribution is 0.663. The number of hydrogen-bond donors (Lipinski definition) is 0. The summed E-state index contributed by atoms with van der Waals surface area (Å²) in [4.78, 5) is 0. The van der Waals surface area contributed by atoms with Crippen LogP contribution in [0.2, 0.25) is 0 Å². The summed E-state index contributed by atoms with van der Waals surface area (Å²) in [6.45, 7) is 0. The molecule has 0 atom stereocenters. The molecule has 0 N–H and O–H groups in total. The zero-order valence-electron chi connectivity index (χ0n) is 23.7. The minimum atomic E-state index is 0.852. The van der Waals surface area contributed by atoms with Gasteiger partial charge in [0.25, 0.3) is 0 Å². The van der Waals surface area contributed by atoms with Gasteiger partial charge in [-0.1, -0.05) is 127 Å². The van der Waals surface area contributed by atoms with Gasteiger partial charge in [-0.15, -0.1) is 0 Å². The summed E-state index contributed by atoms with van der Waals surface area (Å²) < 4.78 is 13.6. The first-order chi connectivity index (χ1) is 21.8. The van der Waals surface area contributed by atoms with Gasteiger partial charge in [-0.05, 0) is 61.6 Å². The van der Waals surface area contributed by atoms with Crippen molar-refractivity contribution in [1.82, 2.24) is 0 Å². The van der Waals surface area contributed by atoms with Gasteiger partial charge in [0.15, 0.2) is 0 Å². The lowest BCUT2D eigenvalue weighted by Crippen LogP contribution is -1.91. The molecule has 2 heterocycles. The van der Waals surface area contributed by atoms with Crippen molar-refractivity contribution in [3.8, 4) is 22.3 Å². The molecule has 0 saturated carbocycles. The number of rotatable bonds is 2. The van der Waals surface area contributed by atoms with E-state index in [-0.39, 0.29) is 0 Å². The number of benzene rings is 8. The molecule has 0 unspecified atom stereocenters. The molecule has 2 aromatic heterocycles. The maximum Gasteiger partial charge on any atom is 0.147 e. The molecule has 204 valence electrons. The topological polar surface area (TPSA) is 26.3 Å². The minimum absolute atomic E-state index is 0.852. The van der Waals surface area contributed by atoms with Gasteiger partial charge in [0.2, 0.25) is 0 Å². The Kier molecular flexibility index (Phi) is 4.75. The maximum absolute atomic E-state index is 6.90. The molecule has 2 heteroatoms. The normalized spacial score (nSPS) is 12.1. The molecular weight excluding hydrogens is 536 g/mol. The van der Waals surface area contributed by atoms with Gasteiger partial charge in [-0.25, -0.2) is 0 Å². The van der Waals surface area contributed by atoms with Gasteiger partial charge in [0, 0.05) is 27.3 Å². The van der Waals surface area contributed by atoms with Crippen LogP contribution >= 0.6 is 0 Å². The minimum Gasteiger partial charge on any atom is -0.455 e. The fraction of sp³-hybridized carbons (Fsp3) is 0. The first-order valence-electron chi connectivity index (χ1n) is 15.0. The molecular formula is C42H24O2. The van der Waals surface area contributed by atoms with Crippen LogP contribution in [0.4, 0.5) is 0 Å². The molecule has 0 amide bonds. The quantitative estimate of drug-likeness (QED) is 0.197. The number of furan rings is 2. The summed E-state index contributed by atoms with van der Waals surface area (Å²) in [6.07, 6.45) is 0. The predicted octanol–water partition coefficient (Wildman–Crippen LogP) is 12.3. The molecule has 0 fully saturated rings. The van der Waals surface area contributed by atoms with Gasteiger partial charge in [0.05, 0.1) is 5.39 Å². The predicted molar refractivity (Wildman–Crippen MR) is 184 cm³/mol. The van der Waals surface area contributed by atoms with Crippen LogP contribution in [0.15, 0.2) is 154 Å². The third-order valence-corrected chi connectivity index (χ3v) is 9.24. The van der Waals surface area contributed by atoms with E-state index < -0.39 is 0 Å². The van der Waals surface area contributed by atoms with Crippen LogP contribution in [0.1, 0.15) is 0 Å². The maximum atomic E-state index is 6.90. The van der Waals surface area contributed by atoms with Crippen molar-refractivity contribution in [3.05, 3.63) is 146 Å². The molecule has 0 spiro atoms. The molecule has 10 rings (SSSR count). The van der Waals surface area contributed by atoms with Gasteiger partial charge in [-0.3, -0.25) is 0 Å². The fourth-order valence-electron chi connectivity index (χ4n) is 7.40. The lowest BCUT2D eigenvalue weighted by atomic mass is 9.85. The van der Waals surface area contributed by atoms with Crippen LogP contribution in [0.3, 0.4) is 0 Å². The molecule has 0 bridgehead atoms. The van der Waals surface area contributed by atoms with Crippen molar-refractivity contribution in [2.75, 3.05) is 0 Å². The van der Waals surface area contributed by atoms with E-state index in [9.17, 15) is 0 Å². The van der Waals surface area contributed by atoms with Crippen molar-refractivity contribution in [2.45, 2.75) is 0 Å². The molecule has 0 aliphatic heterocycles. The van der Waals surface area contributed by atoms with Crippen molar-refractivity contribution in [3.63, 3.8) is 0 Å². The highest BCUT2D eigenvalue weighted by Crippen LogP contribution is 2.50. The highest BCUT2D eigenvalue weighted by atomic mass is 16.3. The van der Waals surface area contributed by atoms with E-state index in [1.54, 1.807) is 0 Å². The van der Waals surface area contributed by atoms with Crippen molar-refractivity contribution in [2.24, 2.45) is 0 Å². The first-order valence-corrected chi connectivity index (χ1v) is 15.0. The average Bonchev–Trinajstić information content (AvgIpc) is 3.66. The average molecular weight is 561 g/mol. The molecule has 0 aliphatic carbocycles. The second-order valence-electron chi connectivity index (χ2n) is 11.6. The fourth-order valence-corrected chi connectivity index (χ4v) is 7.40. The van der Waals surface area contributed by atoms with E-state index in [1.807, 2.05) is 6.07 Å². The smallest absolute Gasteiger partial charge is 0.147 e. The molecule has 44 heavy (non-hydrogen) atoms. The summed E-state index contributed by atoms with van der Waals surface area (Å²) >= 11 is 0. The molecule has 0 radical (unpaired) electrons. The Morgan fingerprint density at radius 2 is 0.909 bits per heavy atom. The summed E-state index contributed by atoms with van der Waals surface area (Å²) in [6, 6.07) is 51.7. The Hall–Kier alpha value is -5.86. The number of fused-ring (bicyclic) bond motifs is 11. The second-order valence-corrected chi connectivity index (χ2v) is 11.6. The molecule has 0 aliphatic rings. The van der Waals surface area contributed by atoms with Crippen LogP contribution in [0, 0.1) is 0 Å². The van der Waals surface area contributed by atoms with Crippen LogP contribution in [-0.2, 0) is 0 Å². The van der Waals surface area contributed by atoms with E-state index in [1.165, 1.54) is 43.6 Å². The summed E-state index contributed by atoms with van der Waals surface area (Å²) in [5, 5.41) is 11.5. The van der Waals surface area contributed by atoms with Crippen molar-refractivity contribution >= 4 is 76.2 Å². The molecule has 10 aromatic rings. The number of para-hydroxylation sites is 1. The van der Waals surface area contributed by atoms with E-state index >= 15 is 0 Å². The lowest BCUT2D eigenvalue weighted by Gasteiger charge is -2.18. The third-order valence-electron chi connectivity index (χ3n) is 9.24. The highest BCUT2D eigenvalue weighted by Gasteiger charge is 2.25. The monoisotopic (exact) mass is 560 g/mol. The Bertz CT molecular complexity index is 2700. The largest absolute Gasteiger partial charge is 0.455 e. The highest BCUT2D eigenvalue weighted by molar-refractivity contribution is 6.32. The van der Waals surface area contributed by atoms with E-state index in [2.05, 4.69) is 140 Å². The van der Waals surface area contributed by atoms with Crippen molar-refractivity contribution < 1.29 is 8.83 Å². The Morgan fingerprint density at radius 1 is 0.341 bits per heavy atom. The van der Waals surface area contributed by atoms with Gasteiger partial charge < -0.3 is 8.83 Å². The van der Waals surface area contributed by atoms with Crippen LogP contribution in [0.25, 0.3) is 98.4 Å². The van der Waals surface area contributed by atoms with Gasteiger partial charge >= 0.3 is 0 Å². The summed E-state index contributed by atoms with van der Waals surface area (Å²) in [5.41, 5.74) is 8.18. The molecule has 2 nitrogen and oxygen atoms in total. The summed E-state index contributed by atoms with van der Waals surface area (Å²) in [5.74, 6) is 0. The Morgan fingerprint density at radius 3 is 1.64 bits per heavy atom. The first kappa shape index (κ1) is 23.7. The Labute approximate surface area is 252 Å². The van der Waals surface area contributed by atoms with Crippen molar-refractivity contribution in [1.29, 1.82) is 0 Å². The van der Waals surface area contributed by atoms with E-state index in [4.69, 9.17) is 8.83 Å². The second kappa shape index (κ2) is 8.82. The van der Waals surface area contributed by atoms with E-state index in [0.29, 0.717) is 0 Å². The molecule has 0 saturated heterocycles. The Balaban J connectivity index is 1.47. The van der Waals surface area contributed by atoms with Gasteiger partial charge in [0.1, 0.15) is 22.3 Å². The SMILES string of the molecule is c1ccc(-c2c3ccccc3c(-c3cc4c5ccccc5oc4c4c3oc3ccc5ccccc5c34)c3ccccc23)cc1. The summed E-state index contributed by atoms with van der Waals surface area (Å²) in [7, 11) is 0.